The zero-order chi connectivity index (χ0) is 13.8. The lowest BCUT2D eigenvalue weighted by atomic mass is 9.83. The molecular weight excluding hydrogens is 260 g/mol. The first-order valence-electron chi connectivity index (χ1n) is 6.97. The molecule has 0 saturated heterocycles. The summed E-state index contributed by atoms with van der Waals surface area (Å²) in [5.41, 5.74) is 6.80. The normalized spacial score (nSPS) is 23.1. The molecule has 2 rings (SSSR count). The molecule has 3 N–H and O–H groups in total. The third-order valence-electron chi connectivity index (χ3n) is 4.01. The Bertz CT molecular complexity index is 461. The van der Waals surface area contributed by atoms with Gasteiger partial charge in [0.25, 0.3) is 5.91 Å². The average Bonchev–Trinajstić information content (AvgIpc) is 2.42. The monoisotopic (exact) mass is 280 g/mol. The number of amides is 1. The fourth-order valence-electron chi connectivity index (χ4n) is 2.86. The molecule has 1 aromatic rings. The van der Waals surface area contributed by atoms with Crippen LogP contribution >= 0.6 is 11.6 Å². The van der Waals surface area contributed by atoms with Crippen LogP contribution in [0.25, 0.3) is 0 Å². The Morgan fingerprint density at radius 2 is 2.16 bits per heavy atom. The number of nitrogen functional groups attached to an aromatic ring is 1. The summed E-state index contributed by atoms with van der Waals surface area (Å²) in [6.45, 7) is 2.18. The molecule has 0 aliphatic heterocycles. The third kappa shape index (κ3) is 3.41. The van der Waals surface area contributed by atoms with Crippen LogP contribution in [0.3, 0.4) is 0 Å². The van der Waals surface area contributed by atoms with Gasteiger partial charge in [0.15, 0.2) is 0 Å². The smallest absolute Gasteiger partial charge is 0.253 e. The maximum atomic E-state index is 12.3. The lowest BCUT2D eigenvalue weighted by Gasteiger charge is -2.31. The third-order valence-corrected chi connectivity index (χ3v) is 4.25. The van der Waals surface area contributed by atoms with Crippen LogP contribution in [0.4, 0.5) is 5.69 Å². The van der Waals surface area contributed by atoms with Gasteiger partial charge in [-0.1, -0.05) is 37.8 Å². The number of anilines is 1. The highest BCUT2D eigenvalue weighted by atomic mass is 35.5. The zero-order valence-corrected chi connectivity index (χ0v) is 12.0. The molecule has 4 heteroatoms. The quantitative estimate of drug-likeness (QED) is 0.831. The molecule has 2 unspecified atom stereocenters. The molecule has 2 atom stereocenters. The molecule has 0 spiro atoms. The molecule has 1 aliphatic rings. The number of rotatable bonds is 3. The van der Waals surface area contributed by atoms with E-state index in [4.69, 9.17) is 17.3 Å². The van der Waals surface area contributed by atoms with Gasteiger partial charge in [0.05, 0.1) is 5.56 Å². The second kappa shape index (κ2) is 6.29. The Labute approximate surface area is 119 Å². The SMILES string of the molecule is CCC1CCCCC1NC(=O)c1cc(Cl)ccc1N. The topological polar surface area (TPSA) is 55.1 Å². The Hall–Kier alpha value is -1.22. The van der Waals surface area contributed by atoms with E-state index in [1.54, 1.807) is 18.2 Å². The van der Waals surface area contributed by atoms with E-state index in [2.05, 4.69) is 12.2 Å². The van der Waals surface area contributed by atoms with Crippen LogP contribution < -0.4 is 11.1 Å². The molecule has 3 nitrogen and oxygen atoms in total. The summed E-state index contributed by atoms with van der Waals surface area (Å²) in [6, 6.07) is 5.28. The molecule has 1 saturated carbocycles. The summed E-state index contributed by atoms with van der Waals surface area (Å²) < 4.78 is 0. The largest absolute Gasteiger partial charge is 0.398 e. The lowest BCUT2D eigenvalue weighted by molar-refractivity contribution is 0.0905. The van der Waals surface area contributed by atoms with Gasteiger partial charge < -0.3 is 11.1 Å². The molecule has 0 bridgehead atoms. The number of carbonyl (C=O) groups excluding carboxylic acids is 1. The van der Waals surface area contributed by atoms with Gasteiger partial charge in [-0.3, -0.25) is 4.79 Å². The van der Waals surface area contributed by atoms with Crippen molar-refractivity contribution in [3.8, 4) is 0 Å². The van der Waals surface area contributed by atoms with Crippen molar-refractivity contribution < 1.29 is 4.79 Å². The maximum absolute atomic E-state index is 12.3. The van der Waals surface area contributed by atoms with E-state index in [1.807, 2.05) is 0 Å². The van der Waals surface area contributed by atoms with E-state index in [0.29, 0.717) is 22.2 Å². The lowest BCUT2D eigenvalue weighted by Crippen LogP contribution is -2.42. The van der Waals surface area contributed by atoms with Crippen molar-refractivity contribution in [2.24, 2.45) is 5.92 Å². The van der Waals surface area contributed by atoms with E-state index in [9.17, 15) is 4.79 Å². The van der Waals surface area contributed by atoms with Crippen molar-refractivity contribution >= 4 is 23.2 Å². The van der Waals surface area contributed by atoms with Crippen molar-refractivity contribution in [1.29, 1.82) is 0 Å². The number of halogens is 1. The summed E-state index contributed by atoms with van der Waals surface area (Å²) in [7, 11) is 0. The Balaban J connectivity index is 2.09. The highest BCUT2D eigenvalue weighted by Gasteiger charge is 2.25. The number of carbonyl (C=O) groups is 1. The number of nitrogens with two attached hydrogens (primary N) is 1. The summed E-state index contributed by atoms with van der Waals surface area (Å²) >= 11 is 5.92. The van der Waals surface area contributed by atoms with Crippen LogP contribution in [0, 0.1) is 5.92 Å². The van der Waals surface area contributed by atoms with Crippen LogP contribution in [0.15, 0.2) is 18.2 Å². The van der Waals surface area contributed by atoms with Gasteiger partial charge in [0.1, 0.15) is 0 Å². The Kier molecular flexibility index (Phi) is 4.70. The van der Waals surface area contributed by atoms with Gasteiger partial charge in [-0.15, -0.1) is 0 Å². The summed E-state index contributed by atoms with van der Waals surface area (Å²) in [5.74, 6) is 0.475. The second-order valence-corrected chi connectivity index (χ2v) is 5.70. The highest BCUT2D eigenvalue weighted by molar-refractivity contribution is 6.31. The number of hydrogen-bond acceptors (Lipinski definition) is 2. The maximum Gasteiger partial charge on any atom is 0.253 e. The first kappa shape index (κ1) is 14.2. The fraction of sp³-hybridized carbons (Fsp3) is 0.533. The second-order valence-electron chi connectivity index (χ2n) is 5.26. The van der Waals surface area contributed by atoms with Gasteiger partial charge in [0, 0.05) is 16.8 Å². The van der Waals surface area contributed by atoms with E-state index in [0.717, 1.165) is 12.8 Å². The van der Waals surface area contributed by atoms with Crippen molar-refractivity contribution in [2.75, 3.05) is 5.73 Å². The van der Waals surface area contributed by atoms with Gasteiger partial charge in [-0.25, -0.2) is 0 Å². The van der Waals surface area contributed by atoms with Crippen LogP contribution in [-0.2, 0) is 0 Å². The minimum Gasteiger partial charge on any atom is -0.398 e. The minimum absolute atomic E-state index is 0.106. The van der Waals surface area contributed by atoms with Crippen LogP contribution in [0.2, 0.25) is 5.02 Å². The van der Waals surface area contributed by atoms with Crippen molar-refractivity contribution in [1.82, 2.24) is 5.32 Å². The van der Waals surface area contributed by atoms with Gasteiger partial charge >= 0.3 is 0 Å². The highest BCUT2D eigenvalue weighted by Crippen LogP contribution is 2.27. The first-order chi connectivity index (χ1) is 9.11. The number of nitrogens with one attached hydrogen (secondary N) is 1. The molecule has 0 radical (unpaired) electrons. The molecular formula is C15H21ClN2O. The van der Waals surface area contributed by atoms with Crippen LogP contribution in [0.1, 0.15) is 49.4 Å². The van der Waals surface area contributed by atoms with Crippen molar-refractivity contribution in [3.05, 3.63) is 28.8 Å². The molecule has 0 aromatic heterocycles. The molecule has 1 fully saturated rings. The van der Waals surface area contributed by atoms with E-state index in [1.165, 1.54) is 19.3 Å². The molecule has 1 amide bonds. The molecule has 19 heavy (non-hydrogen) atoms. The fourth-order valence-corrected chi connectivity index (χ4v) is 3.03. The molecule has 1 aromatic carbocycles. The van der Waals surface area contributed by atoms with Crippen LogP contribution in [-0.4, -0.2) is 11.9 Å². The summed E-state index contributed by atoms with van der Waals surface area (Å²) in [5, 5.41) is 3.66. The Morgan fingerprint density at radius 1 is 1.42 bits per heavy atom. The van der Waals surface area contributed by atoms with E-state index in [-0.39, 0.29) is 11.9 Å². The van der Waals surface area contributed by atoms with E-state index < -0.39 is 0 Å². The predicted octanol–water partition coefficient (Wildman–Crippen LogP) is 3.62. The van der Waals surface area contributed by atoms with E-state index >= 15 is 0 Å². The van der Waals surface area contributed by atoms with Gasteiger partial charge in [-0.05, 0) is 37.0 Å². The molecule has 104 valence electrons. The molecule has 1 aliphatic carbocycles. The average molecular weight is 281 g/mol. The zero-order valence-electron chi connectivity index (χ0n) is 11.3. The van der Waals surface area contributed by atoms with Gasteiger partial charge in [-0.2, -0.15) is 0 Å². The number of hydrogen-bond donors (Lipinski definition) is 2. The van der Waals surface area contributed by atoms with Crippen LogP contribution in [0.5, 0.6) is 0 Å². The minimum atomic E-state index is -0.106. The predicted molar refractivity (Wildman–Crippen MR) is 79.4 cm³/mol. The molecule has 0 heterocycles. The first-order valence-corrected chi connectivity index (χ1v) is 7.35. The summed E-state index contributed by atoms with van der Waals surface area (Å²) in [4.78, 5) is 12.3. The summed E-state index contributed by atoms with van der Waals surface area (Å²) in [6.07, 6.45) is 5.82. The van der Waals surface area contributed by atoms with Gasteiger partial charge in [0.2, 0.25) is 0 Å². The van der Waals surface area contributed by atoms with Crippen molar-refractivity contribution in [2.45, 2.75) is 45.1 Å². The standard InChI is InChI=1S/C15H21ClN2O/c1-2-10-5-3-4-6-14(10)18-15(19)12-9-11(16)7-8-13(12)17/h7-10,14H,2-6,17H2,1H3,(H,18,19). The Morgan fingerprint density at radius 3 is 2.89 bits per heavy atom. The number of benzene rings is 1. The van der Waals surface area contributed by atoms with Crippen molar-refractivity contribution in [3.63, 3.8) is 0 Å².